The zero-order valence-corrected chi connectivity index (χ0v) is 15.5. The normalized spacial score (nSPS) is 17.5. The number of anilines is 1. The van der Waals surface area contributed by atoms with Gasteiger partial charge in [0.05, 0.1) is 29.6 Å². The van der Waals surface area contributed by atoms with Crippen molar-refractivity contribution in [2.45, 2.75) is 26.9 Å². The molecule has 1 aliphatic heterocycles. The van der Waals surface area contributed by atoms with E-state index in [1.807, 2.05) is 26.8 Å². The van der Waals surface area contributed by atoms with Crippen LogP contribution in [0.4, 0.5) is 14.6 Å². The third-order valence-electron chi connectivity index (χ3n) is 4.80. The van der Waals surface area contributed by atoms with Crippen molar-refractivity contribution in [3.63, 3.8) is 0 Å². The molecule has 0 bridgehead atoms. The third kappa shape index (κ3) is 3.35. The number of benzene rings is 1. The molecule has 1 aromatic carbocycles. The van der Waals surface area contributed by atoms with Gasteiger partial charge in [0.2, 0.25) is 0 Å². The van der Waals surface area contributed by atoms with Crippen molar-refractivity contribution in [1.82, 2.24) is 15.0 Å². The van der Waals surface area contributed by atoms with Crippen LogP contribution >= 0.6 is 0 Å². The number of hydrogen-bond acceptors (Lipinski definition) is 5. The Kier molecular flexibility index (Phi) is 4.47. The van der Waals surface area contributed by atoms with Gasteiger partial charge in [0, 0.05) is 30.8 Å². The molecule has 2 aromatic heterocycles. The highest BCUT2D eigenvalue weighted by Gasteiger charge is 2.22. The smallest absolute Gasteiger partial charge is 0.135 e. The van der Waals surface area contributed by atoms with Gasteiger partial charge in [-0.3, -0.25) is 0 Å². The van der Waals surface area contributed by atoms with Crippen molar-refractivity contribution < 1.29 is 13.5 Å². The number of ether oxygens (including phenoxy) is 1. The maximum atomic E-state index is 14.5. The fraction of sp³-hybridized carbons (Fsp3) is 0.350. The monoisotopic (exact) mass is 370 g/mol. The molecular weight excluding hydrogens is 350 g/mol. The molecule has 140 valence electrons. The summed E-state index contributed by atoms with van der Waals surface area (Å²) < 4.78 is 33.5. The summed E-state index contributed by atoms with van der Waals surface area (Å²) >= 11 is 0. The second-order valence-corrected chi connectivity index (χ2v) is 6.84. The molecule has 7 heteroatoms. The molecule has 1 unspecified atom stereocenters. The molecule has 3 aromatic rings. The average molecular weight is 370 g/mol. The summed E-state index contributed by atoms with van der Waals surface area (Å²) in [4.78, 5) is 16.0. The molecule has 5 nitrogen and oxygen atoms in total. The summed E-state index contributed by atoms with van der Waals surface area (Å²) in [6, 6.07) is 5.36. The van der Waals surface area contributed by atoms with Crippen LogP contribution in [0, 0.1) is 25.5 Å². The number of nitrogens with zero attached hydrogens (tertiary/aromatic N) is 4. The first-order valence-electron chi connectivity index (χ1n) is 8.90. The van der Waals surface area contributed by atoms with E-state index in [1.165, 1.54) is 12.1 Å². The van der Waals surface area contributed by atoms with Crippen LogP contribution < -0.4 is 4.90 Å². The summed E-state index contributed by atoms with van der Waals surface area (Å²) in [5.74, 6) is -0.609. The molecule has 0 radical (unpaired) electrons. The molecule has 4 rings (SSSR count). The zero-order valence-electron chi connectivity index (χ0n) is 15.5. The Morgan fingerprint density at radius 3 is 2.59 bits per heavy atom. The highest BCUT2D eigenvalue weighted by molar-refractivity contribution is 5.91. The van der Waals surface area contributed by atoms with Crippen molar-refractivity contribution in [1.29, 1.82) is 0 Å². The van der Waals surface area contributed by atoms with E-state index in [-0.39, 0.29) is 11.7 Å². The minimum atomic E-state index is -0.670. The lowest BCUT2D eigenvalue weighted by molar-refractivity contribution is 0.0529. The predicted molar refractivity (Wildman–Crippen MR) is 99.8 cm³/mol. The fourth-order valence-corrected chi connectivity index (χ4v) is 3.28. The van der Waals surface area contributed by atoms with Gasteiger partial charge in [-0.2, -0.15) is 0 Å². The Balaban J connectivity index is 1.95. The van der Waals surface area contributed by atoms with E-state index in [2.05, 4.69) is 14.9 Å². The Hall–Kier alpha value is -2.67. The van der Waals surface area contributed by atoms with E-state index >= 15 is 0 Å². The lowest BCUT2D eigenvalue weighted by Gasteiger charge is -2.32. The maximum Gasteiger partial charge on any atom is 0.135 e. The summed E-state index contributed by atoms with van der Waals surface area (Å²) in [6.07, 6.45) is 0.0769. The number of fused-ring (bicyclic) bond motifs is 1. The van der Waals surface area contributed by atoms with Crippen LogP contribution in [0.2, 0.25) is 0 Å². The number of morpholine rings is 1. The lowest BCUT2D eigenvalue weighted by Crippen LogP contribution is -2.41. The van der Waals surface area contributed by atoms with Crippen LogP contribution in [0.1, 0.15) is 18.3 Å². The standard InChI is InChI=1S/C20H20F2N4O/c1-11-10-26(6-7-27-11)18-9-17-20(24-13(3)12(2)23-17)19(25-18)15-5-4-14(21)8-16(15)22/h4-5,8-9,11H,6-7,10H2,1-3H3. The van der Waals surface area contributed by atoms with Crippen LogP contribution in [0.15, 0.2) is 24.3 Å². The number of pyridine rings is 1. The van der Waals surface area contributed by atoms with Crippen LogP contribution in [0.25, 0.3) is 22.3 Å². The van der Waals surface area contributed by atoms with Gasteiger partial charge in [0.1, 0.15) is 28.7 Å². The molecule has 1 atom stereocenters. The second kappa shape index (κ2) is 6.81. The molecular formula is C20H20F2N4O. The van der Waals surface area contributed by atoms with Crippen LogP contribution in [-0.2, 0) is 4.74 Å². The van der Waals surface area contributed by atoms with Crippen molar-refractivity contribution in [3.8, 4) is 11.3 Å². The van der Waals surface area contributed by atoms with E-state index in [0.29, 0.717) is 42.2 Å². The van der Waals surface area contributed by atoms with Crippen molar-refractivity contribution in [2.75, 3.05) is 24.6 Å². The molecule has 1 saturated heterocycles. The van der Waals surface area contributed by atoms with Crippen molar-refractivity contribution in [3.05, 3.63) is 47.3 Å². The first-order chi connectivity index (χ1) is 12.9. The van der Waals surface area contributed by atoms with Crippen molar-refractivity contribution >= 4 is 16.9 Å². The van der Waals surface area contributed by atoms with E-state index < -0.39 is 11.6 Å². The molecule has 0 N–H and O–H groups in total. The minimum Gasteiger partial charge on any atom is -0.375 e. The highest BCUT2D eigenvalue weighted by atomic mass is 19.1. The van der Waals surface area contributed by atoms with Gasteiger partial charge in [-0.1, -0.05) is 0 Å². The summed E-state index contributed by atoms with van der Waals surface area (Å²) in [6.45, 7) is 7.70. The zero-order chi connectivity index (χ0) is 19.1. The van der Waals surface area contributed by atoms with E-state index in [4.69, 9.17) is 9.72 Å². The van der Waals surface area contributed by atoms with E-state index in [9.17, 15) is 8.78 Å². The van der Waals surface area contributed by atoms with Crippen LogP contribution in [0.3, 0.4) is 0 Å². The third-order valence-corrected chi connectivity index (χ3v) is 4.80. The quantitative estimate of drug-likeness (QED) is 0.687. The van der Waals surface area contributed by atoms with Gasteiger partial charge in [0.15, 0.2) is 0 Å². The molecule has 0 aliphatic carbocycles. The fourth-order valence-electron chi connectivity index (χ4n) is 3.28. The molecule has 1 aliphatic rings. The van der Waals surface area contributed by atoms with E-state index in [1.54, 1.807) is 0 Å². The number of aryl methyl sites for hydroxylation is 2. The van der Waals surface area contributed by atoms with Crippen LogP contribution in [-0.4, -0.2) is 40.8 Å². The maximum absolute atomic E-state index is 14.5. The van der Waals surface area contributed by atoms with Crippen LogP contribution in [0.5, 0.6) is 0 Å². The topological polar surface area (TPSA) is 51.1 Å². The predicted octanol–water partition coefficient (Wildman–Crippen LogP) is 3.81. The second-order valence-electron chi connectivity index (χ2n) is 6.84. The number of rotatable bonds is 2. The van der Waals surface area contributed by atoms with Gasteiger partial charge >= 0.3 is 0 Å². The summed E-state index contributed by atoms with van der Waals surface area (Å²) in [5.41, 5.74) is 3.29. The molecule has 3 heterocycles. The van der Waals surface area contributed by atoms with Crippen molar-refractivity contribution in [2.24, 2.45) is 0 Å². The van der Waals surface area contributed by atoms with E-state index in [0.717, 1.165) is 17.5 Å². The SMILES string of the molecule is Cc1nc2cc(N3CCOC(C)C3)nc(-c3ccc(F)cc3F)c2nc1C. The first kappa shape index (κ1) is 17.7. The highest BCUT2D eigenvalue weighted by Crippen LogP contribution is 2.31. The largest absolute Gasteiger partial charge is 0.375 e. The van der Waals surface area contributed by atoms with Gasteiger partial charge in [-0.05, 0) is 32.9 Å². The average Bonchev–Trinajstić information content (AvgIpc) is 2.62. The summed E-state index contributed by atoms with van der Waals surface area (Å²) in [7, 11) is 0. The molecule has 0 saturated carbocycles. The summed E-state index contributed by atoms with van der Waals surface area (Å²) in [5, 5.41) is 0. The Morgan fingerprint density at radius 1 is 1.07 bits per heavy atom. The van der Waals surface area contributed by atoms with Gasteiger partial charge in [-0.25, -0.2) is 23.7 Å². The molecule has 0 spiro atoms. The van der Waals surface area contributed by atoms with Gasteiger partial charge in [0.25, 0.3) is 0 Å². The Morgan fingerprint density at radius 2 is 1.85 bits per heavy atom. The molecule has 1 fully saturated rings. The number of halogens is 2. The van der Waals surface area contributed by atoms with Gasteiger partial charge < -0.3 is 9.64 Å². The van der Waals surface area contributed by atoms with Gasteiger partial charge in [-0.15, -0.1) is 0 Å². The Labute approximate surface area is 156 Å². The number of hydrogen-bond donors (Lipinski definition) is 0. The first-order valence-corrected chi connectivity index (χ1v) is 8.90. The minimum absolute atomic E-state index is 0.0769. The molecule has 27 heavy (non-hydrogen) atoms. The molecule has 0 amide bonds. The lowest BCUT2D eigenvalue weighted by atomic mass is 10.1. The number of aromatic nitrogens is 3. The Bertz CT molecular complexity index is 1020.